The predicted molar refractivity (Wildman–Crippen MR) is 94.8 cm³/mol. The van der Waals surface area contributed by atoms with Crippen LogP contribution in [-0.4, -0.2) is 45.7 Å². The number of nitrogens with one attached hydrogen (secondary N) is 1. The van der Waals surface area contributed by atoms with Gasteiger partial charge in [-0.15, -0.1) is 11.3 Å². The summed E-state index contributed by atoms with van der Waals surface area (Å²) >= 11 is 0.981. The van der Waals surface area contributed by atoms with E-state index in [2.05, 4.69) is 15.5 Å². The smallest absolute Gasteiger partial charge is 0.360 e. The van der Waals surface area contributed by atoms with Crippen molar-refractivity contribution in [1.29, 1.82) is 0 Å². The molecule has 12 nitrogen and oxygen atoms in total. The Hall–Kier alpha value is -3.87. The lowest BCUT2D eigenvalue weighted by Gasteiger charge is -2.04. The van der Waals surface area contributed by atoms with Crippen LogP contribution < -0.4 is 5.32 Å². The summed E-state index contributed by atoms with van der Waals surface area (Å²) in [6, 6.07) is 5.40. The average molecular weight is 408 g/mol. The standard InChI is InChI=1S/C15H12N4O8S/c20-8-16-15-17-11(7-28-15)13(14(22)23)18-27-6-12(21)26-5-9-1-3-10(4-2-9)19(24)25/h1-4,7-8H,5-6H2,(H,22,23)(H,16,17,20)/b18-13+. The van der Waals surface area contributed by atoms with Gasteiger partial charge in [0, 0.05) is 17.5 Å². The molecule has 1 amide bonds. The lowest BCUT2D eigenvalue weighted by Crippen LogP contribution is -2.17. The Balaban J connectivity index is 1.88. The van der Waals surface area contributed by atoms with E-state index in [0.717, 1.165) is 11.3 Å². The van der Waals surface area contributed by atoms with Crippen molar-refractivity contribution < 1.29 is 34.0 Å². The topological polar surface area (TPSA) is 170 Å². The van der Waals surface area contributed by atoms with Gasteiger partial charge >= 0.3 is 11.9 Å². The van der Waals surface area contributed by atoms with Crippen LogP contribution in [0.5, 0.6) is 0 Å². The van der Waals surface area contributed by atoms with Gasteiger partial charge in [-0.05, 0) is 17.7 Å². The van der Waals surface area contributed by atoms with Gasteiger partial charge in [0.25, 0.3) is 5.69 Å². The summed E-state index contributed by atoms with van der Waals surface area (Å²) in [6.45, 7) is -0.810. The lowest BCUT2D eigenvalue weighted by molar-refractivity contribution is -0.384. The van der Waals surface area contributed by atoms with Crippen LogP contribution in [0.25, 0.3) is 0 Å². The first kappa shape index (κ1) is 20.4. The summed E-state index contributed by atoms with van der Waals surface area (Å²) in [6.07, 6.45) is 0.387. The minimum absolute atomic E-state index is 0.0545. The number of thiazole rings is 1. The highest BCUT2D eigenvalue weighted by atomic mass is 32.1. The molecule has 0 atom stereocenters. The van der Waals surface area contributed by atoms with E-state index in [1.54, 1.807) is 0 Å². The van der Waals surface area contributed by atoms with Gasteiger partial charge in [-0.1, -0.05) is 5.16 Å². The molecule has 0 bridgehead atoms. The molecule has 13 heteroatoms. The second-order valence-electron chi connectivity index (χ2n) is 4.90. The van der Waals surface area contributed by atoms with Gasteiger partial charge in [-0.3, -0.25) is 14.9 Å². The van der Waals surface area contributed by atoms with Crippen LogP contribution in [0.1, 0.15) is 11.3 Å². The van der Waals surface area contributed by atoms with Crippen LogP contribution in [0.4, 0.5) is 10.8 Å². The minimum atomic E-state index is -1.44. The highest BCUT2D eigenvalue weighted by Crippen LogP contribution is 2.16. The van der Waals surface area contributed by atoms with E-state index in [-0.39, 0.29) is 23.1 Å². The maximum Gasteiger partial charge on any atom is 0.360 e. The summed E-state index contributed by atoms with van der Waals surface area (Å²) in [7, 11) is 0. The molecule has 2 rings (SSSR count). The average Bonchev–Trinajstić information content (AvgIpc) is 3.12. The van der Waals surface area contributed by atoms with Gasteiger partial charge in [0.15, 0.2) is 5.13 Å². The van der Waals surface area contributed by atoms with Crippen molar-refractivity contribution in [2.24, 2.45) is 5.16 Å². The Morgan fingerprint density at radius 2 is 2.07 bits per heavy atom. The van der Waals surface area contributed by atoms with Gasteiger partial charge in [0.1, 0.15) is 12.3 Å². The Kier molecular flexibility index (Phi) is 7.10. The van der Waals surface area contributed by atoms with E-state index >= 15 is 0 Å². The number of nitrogens with zero attached hydrogens (tertiary/aromatic N) is 3. The quantitative estimate of drug-likeness (QED) is 0.192. The van der Waals surface area contributed by atoms with Gasteiger partial charge in [0.2, 0.25) is 18.7 Å². The second-order valence-corrected chi connectivity index (χ2v) is 5.76. The molecule has 0 radical (unpaired) electrons. The summed E-state index contributed by atoms with van der Waals surface area (Å²) in [4.78, 5) is 51.8. The summed E-state index contributed by atoms with van der Waals surface area (Å²) < 4.78 is 4.90. The van der Waals surface area contributed by atoms with Crippen LogP contribution in [-0.2, 0) is 30.6 Å². The lowest BCUT2D eigenvalue weighted by atomic mass is 10.2. The minimum Gasteiger partial charge on any atom is -0.476 e. The van der Waals surface area contributed by atoms with E-state index in [0.29, 0.717) is 12.0 Å². The van der Waals surface area contributed by atoms with Gasteiger partial charge < -0.3 is 20.0 Å². The van der Waals surface area contributed by atoms with Crippen molar-refractivity contribution in [1.82, 2.24) is 4.98 Å². The molecule has 146 valence electrons. The number of amides is 1. The third-order valence-corrected chi connectivity index (χ3v) is 3.79. The predicted octanol–water partition coefficient (Wildman–Crippen LogP) is 1.17. The number of aliphatic carboxylic acids is 1. The molecule has 2 aromatic rings. The molecule has 28 heavy (non-hydrogen) atoms. The highest BCUT2D eigenvalue weighted by Gasteiger charge is 2.18. The number of nitro benzene ring substituents is 1. The van der Waals surface area contributed by atoms with E-state index < -0.39 is 29.2 Å². The first-order valence-corrected chi connectivity index (χ1v) is 8.27. The second kappa shape index (κ2) is 9.72. The van der Waals surface area contributed by atoms with Crippen LogP contribution in [0.3, 0.4) is 0 Å². The molecule has 0 spiro atoms. The van der Waals surface area contributed by atoms with E-state index in [1.165, 1.54) is 29.6 Å². The fourth-order valence-electron chi connectivity index (χ4n) is 1.76. The molecular weight excluding hydrogens is 396 g/mol. The number of esters is 1. The van der Waals surface area contributed by atoms with E-state index in [4.69, 9.17) is 14.7 Å². The first-order chi connectivity index (χ1) is 13.4. The molecule has 0 unspecified atom stereocenters. The fourth-order valence-corrected chi connectivity index (χ4v) is 2.42. The van der Waals surface area contributed by atoms with Gasteiger partial charge in [0.05, 0.1) is 4.92 Å². The molecule has 1 heterocycles. The number of carboxylic acid groups (broad SMARTS) is 1. The number of rotatable bonds is 10. The number of hydrogen-bond acceptors (Lipinski definition) is 10. The Bertz CT molecular complexity index is 909. The van der Waals surface area contributed by atoms with Crippen molar-refractivity contribution in [3.05, 3.63) is 51.0 Å². The normalized spacial score (nSPS) is 10.8. The zero-order valence-electron chi connectivity index (χ0n) is 13.9. The fraction of sp³-hybridized carbons (Fsp3) is 0.133. The number of carbonyl (C=O) groups is 3. The zero-order valence-corrected chi connectivity index (χ0v) is 14.7. The zero-order chi connectivity index (χ0) is 20.5. The largest absolute Gasteiger partial charge is 0.476 e. The number of oxime groups is 1. The third kappa shape index (κ3) is 5.84. The number of non-ortho nitro benzene ring substituents is 1. The SMILES string of the molecule is O=CNc1nc(/C(=N\OCC(=O)OCc2ccc([N+](=O)[O-])cc2)C(=O)O)cs1. The molecule has 0 saturated heterocycles. The molecule has 2 N–H and O–H groups in total. The Morgan fingerprint density at radius 1 is 1.36 bits per heavy atom. The van der Waals surface area contributed by atoms with Crippen molar-refractivity contribution >= 4 is 46.2 Å². The number of nitro groups is 1. The summed E-state index contributed by atoms with van der Waals surface area (Å²) in [5.41, 5.74) is -0.187. The number of anilines is 1. The number of ether oxygens (including phenoxy) is 1. The number of carbonyl (C=O) groups excluding carboxylic acids is 2. The molecule has 1 aromatic carbocycles. The molecule has 1 aromatic heterocycles. The monoisotopic (exact) mass is 408 g/mol. The Morgan fingerprint density at radius 3 is 2.68 bits per heavy atom. The Labute approximate surface area is 160 Å². The number of hydrogen-bond donors (Lipinski definition) is 2. The van der Waals surface area contributed by atoms with Crippen LogP contribution in [0.2, 0.25) is 0 Å². The van der Waals surface area contributed by atoms with Crippen LogP contribution >= 0.6 is 11.3 Å². The molecule has 0 saturated carbocycles. The van der Waals surface area contributed by atoms with Crippen molar-refractivity contribution in [2.75, 3.05) is 11.9 Å². The molecule has 0 aliphatic carbocycles. The van der Waals surface area contributed by atoms with Gasteiger partial charge in [-0.2, -0.15) is 0 Å². The number of carboxylic acids is 1. The van der Waals surface area contributed by atoms with E-state index in [1.807, 2.05) is 0 Å². The molecule has 0 fully saturated rings. The molecular formula is C15H12N4O8S. The van der Waals surface area contributed by atoms with Crippen molar-refractivity contribution in [3.63, 3.8) is 0 Å². The van der Waals surface area contributed by atoms with E-state index in [9.17, 15) is 24.5 Å². The summed E-state index contributed by atoms with van der Waals surface area (Å²) in [5, 5.41) is 26.8. The maximum atomic E-state index is 11.6. The number of aromatic nitrogens is 1. The third-order valence-electron chi connectivity index (χ3n) is 3.02. The number of benzene rings is 1. The van der Waals surface area contributed by atoms with Crippen molar-refractivity contribution in [2.45, 2.75) is 6.61 Å². The van der Waals surface area contributed by atoms with Crippen LogP contribution in [0, 0.1) is 10.1 Å². The summed E-state index contributed by atoms with van der Waals surface area (Å²) in [5.74, 6) is -2.27. The molecule has 0 aliphatic rings. The first-order valence-electron chi connectivity index (χ1n) is 7.39. The van der Waals surface area contributed by atoms with Gasteiger partial charge in [-0.25, -0.2) is 14.6 Å². The maximum absolute atomic E-state index is 11.6. The molecule has 0 aliphatic heterocycles. The highest BCUT2D eigenvalue weighted by molar-refractivity contribution is 7.14. The van der Waals surface area contributed by atoms with Crippen molar-refractivity contribution in [3.8, 4) is 0 Å². The van der Waals surface area contributed by atoms with Crippen LogP contribution in [0.15, 0.2) is 34.8 Å².